The maximum Gasteiger partial charge on any atom is 0.165 e. The number of nitrogens with zero attached hydrogens (tertiary/aromatic N) is 4. The Morgan fingerprint density at radius 1 is 1.03 bits per heavy atom. The molecule has 0 atom stereocenters. The van der Waals surface area contributed by atoms with Crippen molar-refractivity contribution in [1.29, 1.82) is 0 Å². The first-order valence-corrected chi connectivity index (χ1v) is 14.1. The molecule has 0 spiro atoms. The van der Waals surface area contributed by atoms with Crippen molar-refractivity contribution in [2.45, 2.75) is 19.8 Å². The summed E-state index contributed by atoms with van der Waals surface area (Å²) in [6, 6.07) is 1.97. The van der Waals surface area contributed by atoms with Gasteiger partial charge in [-0.2, -0.15) is 0 Å². The van der Waals surface area contributed by atoms with Crippen LogP contribution in [-0.4, -0.2) is 79.8 Å². The minimum atomic E-state index is 0.328. The Morgan fingerprint density at radius 3 is 2.31 bits per heavy atom. The summed E-state index contributed by atoms with van der Waals surface area (Å²) in [5.74, 6) is 2.05. The Balaban J connectivity index is 1.50. The number of halogens is 3. The molecule has 7 nitrogen and oxygen atoms in total. The summed E-state index contributed by atoms with van der Waals surface area (Å²) in [5, 5.41) is 6.19. The van der Waals surface area contributed by atoms with Crippen LogP contribution in [0.3, 0.4) is 0 Å². The van der Waals surface area contributed by atoms with Crippen LogP contribution in [0.25, 0.3) is 21.6 Å². The van der Waals surface area contributed by atoms with Crippen molar-refractivity contribution in [2.24, 2.45) is 0 Å². The first kappa shape index (κ1) is 26.7. The average Bonchev–Trinajstić information content (AvgIpc) is 3.34. The number of thiophene rings is 1. The summed E-state index contributed by atoms with van der Waals surface area (Å²) in [6.45, 7) is 10.0. The molecule has 0 aliphatic carbocycles. The summed E-state index contributed by atoms with van der Waals surface area (Å²) in [4.78, 5) is 14.6. The first-order chi connectivity index (χ1) is 17.0. The molecule has 3 aromatic rings. The number of benzene rings is 1. The van der Waals surface area contributed by atoms with Crippen LogP contribution in [0.1, 0.15) is 19.8 Å². The number of piperazine rings is 1. The van der Waals surface area contributed by atoms with Gasteiger partial charge in [-0.25, -0.2) is 9.97 Å². The third-order valence-corrected chi connectivity index (χ3v) is 8.63. The van der Waals surface area contributed by atoms with E-state index in [0.29, 0.717) is 37.4 Å². The van der Waals surface area contributed by atoms with E-state index < -0.39 is 0 Å². The van der Waals surface area contributed by atoms with Crippen molar-refractivity contribution in [3.63, 3.8) is 0 Å². The molecular weight excluding hydrogens is 573 g/mol. The van der Waals surface area contributed by atoms with Crippen LogP contribution < -0.4 is 14.8 Å². The summed E-state index contributed by atoms with van der Waals surface area (Å²) < 4.78 is 12.6. The predicted molar refractivity (Wildman–Crippen MR) is 150 cm³/mol. The SMILES string of the molecule is CCN1CCN(CCCCNc2nc(-c3c(Cl)c(OC)c(Br)c(OC)c3Cl)nc3ccsc23)CC1. The summed E-state index contributed by atoms with van der Waals surface area (Å²) >= 11 is 18.5. The standard InChI is InChI=1S/C24H30BrCl2N5O2S/c1-4-31-10-12-32(13-11-31)9-6-5-8-28-24-22-15(7-14-35-22)29-23(30-24)16-18(26)20(33-2)17(25)21(34-3)19(16)27/h7,14H,4-6,8-13H2,1-3H3,(H,28,29,30). The van der Waals surface area contributed by atoms with E-state index >= 15 is 0 Å². The fraction of sp³-hybridized carbons (Fsp3) is 0.500. The lowest BCUT2D eigenvalue weighted by Gasteiger charge is -2.33. The molecule has 3 heterocycles. The number of hydrogen-bond acceptors (Lipinski definition) is 8. The maximum absolute atomic E-state index is 6.70. The number of nitrogens with one attached hydrogen (secondary N) is 1. The average molecular weight is 603 g/mol. The zero-order chi connectivity index (χ0) is 24.9. The largest absolute Gasteiger partial charge is 0.494 e. The Labute approximate surface area is 228 Å². The van der Waals surface area contributed by atoms with Crippen LogP contribution in [-0.2, 0) is 0 Å². The number of rotatable bonds is 10. The van der Waals surface area contributed by atoms with Gasteiger partial charge in [-0.05, 0) is 53.3 Å². The van der Waals surface area contributed by atoms with E-state index in [2.05, 4.69) is 38.0 Å². The van der Waals surface area contributed by atoms with Gasteiger partial charge >= 0.3 is 0 Å². The molecule has 1 aliphatic rings. The van der Waals surface area contributed by atoms with Gasteiger partial charge < -0.3 is 24.6 Å². The zero-order valence-corrected chi connectivity index (χ0v) is 24.1. The Morgan fingerprint density at radius 2 is 1.69 bits per heavy atom. The Hall–Kier alpha value is -1.36. The van der Waals surface area contributed by atoms with Crippen molar-refractivity contribution in [3.05, 3.63) is 26.0 Å². The van der Waals surface area contributed by atoms with Crippen LogP contribution in [0.4, 0.5) is 5.82 Å². The first-order valence-electron chi connectivity index (χ1n) is 11.7. The zero-order valence-electron chi connectivity index (χ0n) is 20.2. The summed E-state index contributed by atoms with van der Waals surface area (Å²) in [5.41, 5.74) is 1.32. The van der Waals surface area contributed by atoms with E-state index in [9.17, 15) is 0 Å². The minimum Gasteiger partial charge on any atom is -0.494 e. The van der Waals surface area contributed by atoms with Gasteiger partial charge in [-0.3, -0.25) is 0 Å². The van der Waals surface area contributed by atoms with Crippen LogP contribution in [0, 0.1) is 0 Å². The third-order valence-electron chi connectivity index (χ3n) is 6.28. The van der Waals surface area contributed by atoms with E-state index in [1.807, 2.05) is 11.4 Å². The maximum atomic E-state index is 6.70. The van der Waals surface area contributed by atoms with Gasteiger partial charge in [0.2, 0.25) is 0 Å². The predicted octanol–water partition coefficient (Wildman–Crippen LogP) is 6.27. The highest BCUT2D eigenvalue weighted by molar-refractivity contribution is 9.10. The molecular formula is C24H30BrCl2N5O2S. The van der Waals surface area contributed by atoms with Gasteiger partial charge in [0.25, 0.3) is 0 Å². The molecule has 0 saturated carbocycles. The molecule has 1 fully saturated rings. The number of methoxy groups -OCH3 is 2. The van der Waals surface area contributed by atoms with Crippen molar-refractivity contribution in [1.82, 2.24) is 19.8 Å². The van der Waals surface area contributed by atoms with Gasteiger partial charge in [-0.1, -0.05) is 30.1 Å². The van der Waals surface area contributed by atoms with Gasteiger partial charge in [0.1, 0.15) is 10.3 Å². The van der Waals surface area contributed by atoms with E-state index in [4.69, 9.17) is 42.6 Å². The molecule has 190 valence electrons. The number of ether oxygens (including phenoxy) is 2. The van der Waals surface area contributed by atoms with Gasteiger partial charge in [0.15, 0.2) is 17.3 Å². The normalized spacial score (nSPS) is 15.0. The van der Waals surface area contributed by atoms with Crippen LogP contribution in [0.5, 0.6) is 11.5 Å². The number of unbranched alkanes of at least 4 members (excludes halogenated alkanes) is 1. The molecule has 4 rings (SSSR count). The lowest BCUT2D eigenvalue weighted by molar-refractivity contribution is 0.136. The number of fused-ring (bicyclic) bond motifs is 1. The lowest BCUT2D eigenvalue weighted by Crippen LogP contribution is -2.46. The minimum absolute atomic E-state index is 0.328. The second-order valence-electron chi connectivity index (χ2n) is 8.32. The molecule has 0 unspecified atom stereocenters. The second kappa shape index (κ2) is 12.3. The van der Waals surface area contributed by atoms with Crippen molar-refractivity contribution in [3.8, 4) is 22.9 Å². The van der Waals surface area contributed by atoms with E-state index in [1.165, 1.54) is 13.1 Å². The number of anilines is 1. The molecule has 1 aliphatic heterocycles. The molecule has 0 radical (unpaired) electrons. The highest BCUT2D eigenvalue weighted by atomic mass is 79.9. The van der Waals surface area contributed by atoms with Crippen molar-refractivity contribution < 1.29 is 9.47 Å². The summed E-state index contributed by atoms with van der Waals surface area (Å²) in [7, 11) is 3.09. The molecule has 0 bridgehead atoms. The quantitative estimate of drug-likeness (QED) is 0.274. The highest BCUT2D eigenvalue weighted by Crippen LogP contribution is 2.51. The second-order valence-corrected chi connectivity index (χ2v) is 10.8. The number of hydrogen-bond donors (Lipinski definition) is 1. The lowest BCUT2D eigenvalue weighted by atomic mass is 10.1. The highest BCUT2D eigenvalue weighted by Gasteiger charge is 2.26. The number of aromatic nitrogens is 2. The molecule has 0 amide bonds. The Bertz CT molecular complexity index is 1140. The van der Waals surface area contributed by atoms with Crippen LogP contribution in [0.2, 0.25) is 10.0 Å². The van der Waals surface area contributed by atoms with Crippen LogP contribution >= 0.6 is 50.5 Å². The molecule has 1 N–H and O–H groups in total. The topological polar surface area (TPSA) is 62.8 Å². The third kappa shape index (κ3) is 5.81. The summed E-state index contributed by atoms with van der Waals surface area (Å²) in [6.07, 6.45) is 2.20. The monoisotopic (exact) mass is 601 g/mol. The van der Waals surface area contributed by atoms with Gasteiger partial charge in [0.05, 0.1) is 40.0 Å². The van der Waals surface area contributed by atoms with E-state index in [0.717, 1.165) is 61.6 Å². The molecule has 11 heteroatoms. The van der Waals surface area contributed by atoms with Gasteiger partial charge in [0, 0.05) is 32.7 Å². The molecule has 35 heavy (non-hydrogen) atoms. The van der Waals surface area contributed by atoms with Crippen LogP contribution in [0.15, 0.2) is 15.9 Å². The fourth-order valence-corrected chi connectivity index (χ4v) is 6.76. The molecule has 2 aromatic heterocycles. The smallest absolute Gasteiger partial charge is 0.165 e. The fourth-order valence-electron chi connectivity index (χ4n) is 4.27. The number of likely N-dealkylation sites (N-methyl/N-ethyl adjacent to an activating group) is 1. The van der Waals surface area contributed by atoms with Crippen molar-refractivity contribution in [2.75, 3.05) is 65.3 Å². The molecule has 1 saturated heterocycles. The van der Waals surface area contributed by atoms with Crippen molar-refractivity contribution >= 4 is 66.5 Å². The molecule has 1 aromatic carbocycles. The van der Waals surface area contributed by atoms with E-state index in [1.54, 1.807) is 25.6 Å². The van der Waals surface area contributed by atoms with E-state index in [-0.39, 0.29) is 0 Å². The Kier molecular flexibility index (Phi) is 9.35. The van der Waals surface area contributed by atoms with Gasteiger partial charge in [-0.15, -0.1) is 11.3 Å².